The standard InChI is InChI=1S/C35H42N6OS/c1-8-39(9-2)26-13-15-27(16-14-26)40-24(6)21-29(25(40)7)33-32(31-12-10-11-19-36-31)38-35(43)41(33)28-17-18-30(23(5)20-28)37-34(42)22(3)4/h10-22,32-33H,8-9H2,1-7H3,(H,37,42)(H,38,43)/t32-,33-/m1/s1. The largest absolute Gasteiger partial charge is 0.372 e. The van der Waals surface area contributed by atoms with Gasteiger partial charge in [-0.1, -0.05) is 19.9 Å². The molecule has 4 aromatic rings. The highest BCUT2D eigenvalue weighted by Gasteiger charge is 2.42. The van der Waals surface area contributed by atoms with E-state index in [1.54, 1.807) is 0 Å². The van der Waals surface area contributed by atoms with E-state index in [0.717, 1.165) is 52.8 Å². The van der Waals surface area contributed by atoms with Crippen LogP contribution in [0.4, 0.5) is 17.1 Å². The minimum atomic E-state index is -0.145. The van der Waals surface area contributed by atoms with Crippen molar-refractivity contribution in [3.8, 4) is 5.69 Å². The van der Waals surface area contributed by atoms with Crippen LogP contribution in [0.5, 0.6) is 0 Å². The molecule has 3 heterocycles. The molecule has 2 aromatic carbocycles. The van der Waals surface area contributed by atoms with Crippen LogP contribution in [0.25, 0.3) is 5.69 Å². The molecule has 1 fully saturated rings. The quantitative estimate of drug-likeness (QED) is 0.197. The molecule has 2 N–H and O–H groups in total. The van der Waals surface area contributed by atoms with Gasteiger partial charge in [-0.2, -0.15) is 0 Å². The number of rotatable bonds is 9. The second-order valence-electron chi connectivity index (χ2n) is 11.5. The number of hydrogen-bond donors (Lipinski definition) is 2. The van der Waals surface area contributed by atoms with E-state index in [2.05, 4.69) is 95.2 Å². The van der Waals surface area contributed by atoms with Gasteiger partial charge in [0.05, 0.1) is 17.8 Å². The predicted molar refractivity (Wildman–Crippen MR) is 181 cm³/mol. The average Bonchev–Trinajstić information content (AvgIpc) is 3.50. The van der Waals surface area contributed by atoms with Crippen LogP contribution in [0.1, 0.15) is 68.0 Å². The van der Waals surface area contributed by atoms with Crippen molar-refractivity contribution in [1.82, 2.24) is 14.9 Å². The molecule has 1 saturated heterocycles. The van der Waals surface area contributed by atoms with Gasteiger partial charge in [0.15, 0.2) is 5.11 Å². The van der Waals surface area contributed by atoms with Crippen molar-refractivity contribution >= 4 is 40.3 Å². The number of nitrogens with zero attached hydrogens (tertiary/aromatic N) is 4. The lowest BCUT2D eigenvalue weighted by molar-refractivity contribution is -0.118. The minimum Gasteiger partial charge on any atom is -0.372 e. The summed E-state index contributed by atoms with van der Waals surface area (Å²) in [6, 6.07) is 22.9. The summed E-state index contributed by atoms with van der Waals surface area (Å²) in [5.41, 5.74) is 9.55. The third-order valence-corrected chi connectivity index (χ3v) is 8.71. The van der Waals surface area contributed by atoms with E-state index in [9.17, 15) is 4.79 Å². The lowest BCUT2D eigenvalue weighted by Gasteiger charge is -2.29. The molecule has 2 aromatic heterocycles. The highest BCUT2D eigenvalue weighted by atomic mass is 32.1. The van der Waals surface area contributed by atoms with E-state index in [4.69, 9.17) is 17.2 Å². The van der Waals surface area contributed by atoms with Crippen molar-refractivity contribution in [2.75, 3.05) is 28.2 Å². The number of thiocarbonyl (C=S) groups is 1. The Morgan fingerprint density at radius 2 is 1.70 bits per heavy atom. The molecule has 8 heteroatoms. The molecule has 1 amide bonds. The van der Waals surface area contributed by atoms with Crippen molar-refractivity contribution in [1.29, 1.82) is 0 Å². The molecular formula is C35H42N6OS. The number of carbonyl (C=O) groups is 1. The summed E-state index contributed by atoms with van der Waals surface area (Å²) < 4.78 is 2.33. The van der Waals surface area contributed by atoms with Gasteiger partial charge in [0.1, 0.15) is 0 Å². The fourth-order valence-electron chi connectivity index (χ4n) is 6.05. The van der Waals surface area contributed by atoms with Crippen molar-refractivity contribution in [3.05, 3.63) is 101 Å². The Balaban J connectivity index is 1.58. The van der Waals surface area contributed by atoms with Gasteiger partial charge in [-0.25, -0.2) is 0 Å². The summed E-state index contributed by atoms with van der Waals surface area (Å²) in [7, 11) is 0. The second-order valence-corrected chi connectivity index (χ2v) is 11.9. The van der Waals surface area contributed by atoms with Gasteiger partial charge in [0.25, 0.3) is 0 Å². The Morgan fingerprint density at radius 1 is 1.00 bits per heavy atom. The first-order chi connectivity index (χ1) is 20.6. The van der Waals surface area contributed by atoms with Gasteiger partial charge >= 0.3 is 0 Å². The molecule has 0 saturated carbocycles. The number of pyridine rings is 1. The third-order valence-electron chi connectivity index (χ3n) is 8.39. The Labute approximate surface area is 260 Å². The van der Waals surface area contributed by atoms with Gasteiger partial charge < -0.3 is 25.0 Å². The van der Waals surface area contributed by atoms with Crippen LogP contribution in [0.2, 0.25) is 0 Å². The van der Waals surface area contributed by atoms with Crippen LogP contribution in [-0.4, -0.2) is 33.7 Å². The summed E-state index contributed by atoms with van der Waals surface area (Å²) >= 11 is 6.00. The van der Waals surface area contributed by atoms with Gasteiger partial charge in [0, 0.05) is 59.3 Å². The topological polar surface area (TPSA) is 65.4 Å². The van der Waals surface area contributed by atoms with Crippen molar-refractivity contribution in [2.45, 2.75) is 60.5 Å². The molecule has 1 aliphatic rings. The van der Waals surface area contributed by atoms with Crippen molar-refractivity contribution in [3.63, 3.8) is 0 Å². The van der Waals surface area contributed by atoms with Crippen LogP contribution in [0, 0.1) is 26.7 Å². The molecule has 7 nitrogen and oxygen atoms in total. The Hall–Kier alpha value is -4.17. The van der Waals surface area contributed by atoms with Gasteiger partial charge in [-0.15, -0.1) is 0 Å². The maximum Gasteiger partial charge on any atom is 0.226 e. The first-order valence-corrected chi connectivity index (χ1v) is 15.5. The summed E-state index contributed by atoms with van der Waals surface area (Å²) in [4.78, 5) is 21.7. The zero-order chi connectivity index (χ0) is 30.8. The number of carbonyl (C=O) groups excluding carboxylic acids is 1. The molecule has 0 spiro atoms. The SMILES string of the molecule is CCN(CC)c1ccc(-n2c(C)cc([C@@H]3[C@@H](c4ccccn4)NC(=S)N3c3ccc(NC(=O)C(C)C)c(C)c3)c2C)cc1. The zero-order valence-electron chi connectivity index (χ0n) is 26.2. The van der Waals surface area contributed by atoms with Crippen molar-refractivity contribution < 1.29 is 4.79 Å². The number of aryl methyl sites for hydroxylation is 2. The molecule has 0 bridgehead atoms. The van der Waals surface area contributed by atoms with E-state index in [-0.39, 0.29) is 23.9 Å². The van der Waals surface area contributed by atoms with Gasteiger partial charge in [0.2, 0.25) is 5.91 Å². The van der Waals surface area contributed by atoms with Crippen LogP contribution in [0.15, 0.2) is 72.9 Å². The predicted octanol–water partition coefficient (Wildman–Crippen LogP) is 7.42. The molecule has 2 atom stereocenters. The minimum absolute atomic E-state index is 0.000119. The number of benzene rings is 2. The highest BCUT2D eigenvalue weighted by molar-refractivity contribution is 7.80. The molecular weight excluding hydrogens is 552 g/mol. The van der Waals surface area contributed by atoms with Crippen LogP contribution in [0.3, 0.4) is 0 Å². The number of hydrogen-bond acceptors (Lipinski definition) is 4. The summed E-state index contributed by atoms with van der Waals surface area (Å²) in [6.07, 6.45) is 1.83. The molecule has 43 heavy (non-hydrogen) atoms. The fourth-order valence-corrected chi connectivity index (χ4v) is 6.40. The van der Waals surface area contributed by atoms with Crippen LogP contribution < -0.4 is 20.4 Å². The first-order valence-electron chi connectivity index (χ1n) is 15.1. The van der Waals surface area contributed by atoms with Gasteiger partial charge in [-0.05, 0) is 119 Å². The molecule has 5 rings (SSSR count). The lowest BCUT2D eigenvalue weighted by atomic mass is 9.96. The maximum absolute atomic E-state index is 12.4. The number of anilines is 3. The smallest absolute Gasteiger partial charge is 0.226 e. The van der Waals surface area contributed by atoms with Crippen molar-refractivity contribution in [2.24, 2.45) is 5.92 Å². The fraction of sp³-hybridized carbons (Fsp3) is 0.343. The number of amides is 1. The molecule has 224 valence electrons. The monoisotopic (exact) mass is 594 g/mol. The first kappa shape index (κ1) is 30.3. The van der Waals surface area contributed by atoms with Crippen LogP contribution >= 0.6 is 12.2 Å². The van der Waals surface area contributed by atoms with E-state index < -0.39 is 0 Å². The van der Waals surface area contributed by atoms with E-state index in [1.165, 1.54) is 11.3 Å². The Bertz CT molecular complexity index is 1610. The number of nitrogens with one attached hydrogen (secondary N) is 2. The molecule has 1 aliphatic heterocycles. The summed E-state index contributed by atoms with van der Waals surface area (Å²) in [5, 5.41) is 7.28. The zero-order valence-corrected chi connectivity index (χ0v) is 27.0. The average molecular weight is 595 g/mol. The second kappa shape index (κ2) is 12.6. The maximum atomic E-state index is 12.4. The summed E-state index contributed by atoms with van der Waals surface area (Å²) in [5.74, 6) is -0.0958. The molecule has 0 unspecified atom stereocenters. The Kier molecular flexibility index (Phi) is 8.87. The van der Waals surface area contributed by atoms with Gasteiger partial charge in [-0.3, -0.25) is 9.78 Å². The highest BCUT2D eigenvalue weighted by Crippen LogP contribution is 2.44. The normalized spacial score (nSPS) is 16.5. The third kappa shape index (κ3) is 5.89. The molecule has 0 radical (unpaired) electrons. The summed E-state index contributed by atoms with van der Waals surface area (Å²) in [6.45, 7) is 16.5. The van der Waals surface area contributed by atoms with Crippen LogP contribution in [-0.2, 0) is 4.79 Å². The lowest BCUT2D eigenvalue weighted by Crippen LogP contribution is -2.29. The van der Waals surface area contributed by atoms with E-state index >= 15 is 0 Å². The Morgan fingerprint density at radius 3 is 2.30 bits per heavy atom. The van der Waals surface area contributed by atoms with E-state index in [1.807, 2.05) is 51.2 Å². The van der Waals surface area contributed by atoms with E-state index in [0.29, 0.717) is 5.11 Å². The molecule has 0 aliphatic carbocycles. The number of aromatic nitrogens is 2.